The summed E-state index contributed by atoms with van der Waals surface area (Å²) in [6.45, 7) is 0. The monoisotopic (exact) mass is 716 g/mol. The summed E-state index contributed by atoms with van der Waals surface area (Å²) in [5.74, 6) is 2.25. The predicted octanol–water partition coefficient (Wildman–Crippen LogP) is 13.3. The lowest BCUT2D eigenvalue weighted by molar-refractivity contribution is 0.437. The van der Waals surface area contributed by atoms with Gasteiger partial charge in [-0.3, -0.25) is 0 Å². The zero-order valence-electron chi connectivity index (χ0n) is 30.7. The molecule has 0 amide bonds. The predicted molar refractivity (Wildman–Crippen MR) is 228 cm³/mol. The third kappa shape index (κ3) is 5.05. The van der Waals surface area contributed by atoms with Gasteiger partial charge in [-0.05, 0) is 87.7 Å². The number of hydrogen-bond donors (Lipinski definition) is 0. The van der Waals surface area contributed by atoms with Crippen molar-refractivity contribution in [3.05, 3.63) is 222 Å². The summed E-state index contributed by atoms with van der Waals surface area (Å²) in [5, 5.41) is 0. The molecule has 0 radical (unpaired) electrons. The molecule has 3 aliphatic rings. The second-order valence-electron chi connectivity index (χ2n) is 14.8. The quantitative estimate of drug-likeness (QED) is 0.178. The van der Waals surface area contributed by atoms with Gasteiger partial charge in [0, 0.05) is 22.3 Å². The number of rotatable bonds is 5. The third-order valence-corrected chi connectivity index (χ3v) is 11.6. The smallest absolute Gasteiger partial charge is 0.164 e. The molecular formula is C53H36N2O. The van der Waals surface area contributed by atoms with Crippen molar-refractivity contribution in [2.75, 3.05) is 0 Å². The number of ether oxygens (including phenoxy) is 1. The normalized spacial score (nSPS) is 14.2. The van der Waals surface area contributed by atoms with E-state index in [1.165, 1.54) is 33.4 Å². The van der Waals surface area contributed by atoms with E-state index in [-0.39, 0.29) is 0 Å². The maximum atomic E-state index is 7.05. The molecule has 0 atom stereocenters. The Bertz CT molecular complexity index is 2860. The van der Waals surface area contributed by atoms with Crippen LogP contribution in [-0.2, 0) is 5.41 Å². The average Bonchev–Trinajstić information content (AvgIpc) is 3.57. The van der Waals surface area contributed by atoms with Gasteiger partial charge in [-0.2, -0.15) is 0 Å². The van der Waals surface area contributed by atoms with Crippen LogP contribution in [0.3, 0.4) is 0 Å². The number of benzene rings is 7. The number of nitrogens with zero attached hydrogens (tertiary/aromatic N) is 2. The minimum Gasteiger partial charge on any atom is -0.456 e. The van der Waals surface area contributed by atoms with Gasteiger partial charge in [0.15, 0.2) is 5.82 Å². The molecule has 56 heavy (non-hydrogen) atoms. The van der Waals surface area contributed by atoms with Gasteiger partial charge in [0.05, 0.1) is 22.4 Å². The number of aromatic nitrogens is 2. The molecule has 0 N–H and O–H groups in total. The van der Waals surface area contributed by atoms with Crippen LogP contribution in [0.15, 0.2) is 194 Å². The second-order valence-corrected chi connectivity index (χ2v) is 14.8. The van der Waals surface area contributed by atoms with E-state index in [0.29, 0.717) is 5.82 Å². The van der Waals surface area contributed by atoms with Gasteiger partial charge < -0.3 is 4.74 Å². The first-order valence-electron chi connectivity index (χ1n) is 19.4. The number of hydrogen-bond acceptors (Lipinski definition) is 3. The van der Waals surface area contributed by atoms with Gasteiger partial charge in [0.1, 0.15) is 11.5 Å². The highest BCUT2D eigenvalue weighted by molar-refractivity contribution is 5.90. The Morgan fingerprint density at radius 2 is 1.00 bits per heavy atom. The lowest BCUT2D eigenvalue weighted by atomic mass is 9.66. The summed E-state index contributed by atoms with van der Waals surface area (Å²) in [6.07, 6.45) is 8.70. The Morgan fingerprint density at radius 3 is 1.71 bits per heavy atom. The van der Waals surface area contributed by atoms with Crippen molar-refractivity contribution < 1.29 is 4.74 Å². The van der Waals surface area contributed by atoms with Gasteiger partial charge in [-0.15, -0.1) is 0 Å². The van der Waals surface area contributed by atoms with Gasteiger partial charge >= 0.3 is 0 Å². The van der Waals surface area contributed by atoms with Crippen LogP contribution in [-0.4, -0.2) is 9.97 Å². The largest absolute Gasteiger partial charge is 0.456 e. The molecule has 11 rings (SSSR count). The molecule has 0 saturated heterocycles. The van der Waals surface area contributed by atoms with Gasteiger partial charge in [0.2, 0.25) is 0 Å². The van der Waals surface area contributed by atoms with Crippen LogP contribution in [0, 0.1) is 0 Å². The Hall–Kier alpha value is -7.10. The molecule has 264 valence electrons. The Kier molecular flexibility index (Phi) is 7.53. The topological polar surface area (TPSA) is 35.0 Å². The lowest BCUT2D eigenvalue weighted by Gasteiger charge is -2.39. The van der Waals surface area contributed by atoms with Crippen LogP contribution in [0.4, 0.5) is 0 Å². The maximum absolute atomic E-state index is 7.05. The fourth-order valence-corrected chi connectivity index (χ4v) is 9.13. The Labute approximate surface area is 327 Å². The van der Waals surface area contributed by atoms with E-state index in [0.717, 1.165) is 74.7 Å². The average molecular weight is 717 g/mol. The summed E-state index contributed by atoms with van der Waals surface area (Å²) in [4.78, 5) is 10.8. The minimum atomic E-state index is -0.575. The van der Waals surface area contributed by atoms with Crippen molar-refractivity contribution in [1.29, 1.82) is 0 Å². The van der Waals surface area contributed by atoms with Gasteiger partial charge in [-0.25, -0.2) is 9.97 Å². The van der Waals surface area contributed by atoms with E-state index in [1.54, 1.807) is 0 Å². The highest BCUT2D eigenvalue weighted by Gasteiger charge is 2.51. The molecule has 0 unspecified atom stereocenters. The number of fused-ring (bicyclic) bond motifs is 9. The molecule has 2 aliphatic carbocycles. The standard InChI is InChI=1S/C53H36N2O/c1-3-16-35(17-4-1)37-20-13-22-39(32-37)48-34-49(40-23-14-21-38(33-40)36-18-5-2-6-19-36)55-52(54-48)43-26-15-30-47-51(43)56-50-31-12-11-29-46(50)53(47)44-27-9-7-24-41(44)42-25-8-10-28-45(42)53/h1-5,7-18,20-34H,6,19H2. The first-order valence-corrected chi connectivity index (χ1v) is 19.4. The molecule has 3 nitrogen and oxygen atoms in total. The van der Waals surface area contributed by atoms with E-state index in [9.17, 15) is 0 Å². The van der Waals surface area contributed by atoms with E-state index in [4.69, 9.17) is 14.7 Å². The van der Waals surface area contributed by atoms with Crippen LogP contribution >= 0.6 is 0 Å². The number of allylic oxidation sites excluding steroid dienone is 4. The highest BCUT2D eigenvalue weighted by atomic mass is 16.5. The minimum absolute atomic E-state index is 0.575. The fraction of sp³-hybridized carbons (Fsp3) is 0.0566. The number of para-hydroxylation sites is 2. The van der Waals surface area contributed by atoms with Crippen molar-refractivity contribution >= 4 is 5.57 Å². The molecule has 1 aromatic heterocycles. The molecule has 1 spiro atoms. The van der Waals surface area contributed by atoms with Crippen molar-refractivity contribution in [2.24, 2.45) is 0 Å². The molecule has 0 saturated carbocycles. The zero-order chi connectivity index (χ0) is 37.1. The van der Waals surface area contributed by atoms with Crippen molar-refractivity contribution in [2.45, 2.75) is 18.3 Å². The summed E-state index contributed by atoms with van der Waals surface area (Å²) in [5.41, 5.74) is 16.2. The molecule has 7 aromatic carbocycles. The van der Waals surface area contributed by atoms with Crippen molar-refractivity contribution in [1.82, 2.24) is 9.97 Å². The summed E-state index contributed by atoms with van der Waals surface area (Å²) >= 11 is 0. The Morgan fingerprint density at radius 1 is 0.446 bits per heavy atom. The van der Waals surface area contributed by atoms with Crippen LogP contribution in [0.1, 0.15) is 40.7 Å². The first-order chi connectivity index (χ1) is 27.8. The van der Waals surface area contributed by atoms with E-state index in [1.807, 2.05) is 0 Å². The van der Waals surface area contributed by atoms with Crippen LogP contribution in [0.5, 0.6) is 11.5 Å². The second kappa shape index (κ2) is 13.0. The maximum Gasteiger partial charge on any atom is 0.164 e. The summed E-state index contributed by atoms with van der Waals surface area (Å²) in [6, 6.07) is 62.8. The van der Waals surface area contributed by atoms with E-state index < -0.39 is 5.41 Å². The van der Waals surface area contributed by atoms with Gasteiger partial charge in [-0.1, -0.05) is 164 Å². The molecule has 0 bridgehead atoms. The lowest BCUT2D eigenvalue weighted by Crippen LogP contribution is -2.32. The third-order valence-electron chi connectivity index (χ3n) is 11.6. The summed E-state index contributed by atoms with van der Waals surface area (Å²) < 4.78 is 7.05. The van der Waals surface area contributed by atoms with Crippen LogP contribution < -0.4 is 4.74 Å². The Balaban J connectivity index is 1.15. The highest BCUT2D eigenvalue weighted by Crippen LogP contribution is 2.63. The van der Waals surface area contributed by atoms with Gasteiger partial charge in [0.25, 0.3) is 0 Å². The van der Waals surface area contributed by atoms with Crippen LogP contribution in [0.2, 0.25) is 0 Å². The first kappa shape index (κ1) is 32.3. The molecule has 3 heteroatoms. The molecule has 8 aromatic rings. The summed E-state index contributed by atoms with van der Waals surface area (Å²) in [7, 11) is 0. The van der Waals surface area contributed by atoms with Crippen LogP contribution in [0.25, 0.3) is 61.7 Å². The van der Waals surface area contributed by atoms with E-state index >= 15 is 0 Å². The molecule has 1 aliphatic heterocycles. The molecule has 0 fully saturated rings. The van der Waals surface area contributed by atoms with Crippen molar-refractivity contribution in [3.8, 4) is 67.7 Å². The molecular weight excluding hydrogens is 681 g/mol. The van der Waals surface area contributed by atoms with E-state index in [2.05, 4.69) is 194 Å². The molecule has 2 heterocycles. The SMILES string of the molecule is C1=CCCC(c2cccc(-c3cc(-c4cccc(-c5ccccc5)c4)nc(-c4cccc5c4Oc4ccccc4C54c5ccccc5-c5ccccc54)n3)c2)=C1. The fourth-order valence-electron chi connectivity index (χ4n) is 9.13. The van der Waals surface area contributed by atoms with Crippen molar-refractivity contribution in [3.63, 3.8) is 0 Å². The zero-order valence-corrected chi connectivity index (χ0v) is 30.7.